The molecule has 1 fully saturated rings. The van der Waals surface area contributed by atoms with Crippen LogP contribution in [0, 0.1) is 5.82 Å². The molecule has 0 spiro atoms. The van der Waals surface area contributed by atoms with Gasteiger partial charge in [0.05, 0.1) is 26.9 Å². The van der Waals surface area contributed by atoms with Crippen molar-refractivity contribution in [2.75, 3.05) is 46.5 Å². The van der Waals surface area contributed by atoms with Crippen molar-refractivity contribution in [1.29, 1.82) is 0 Å². The number of amides is 2. The van der Waals surface area contributed by atoms with Gasteiger partial charge < -0.3 is 19.7 Å². The van der Waals surface area contributed by atoms with E-state index in [-0.39, 0.29) is 68.0 Å². The average molecular weight is 494 g/mol. The van der Waals surface area contributed by atoms with Gasteiger partial charge in [-0.15, -0.1) is 0 Å². The second-order valence-corrected chi connectivity index (χ2v) is 9.51. The zero-order valence-electron chi connectivity index (χ0n) is 19.1. The number of halogens is 1. The molecule has 184 valence electrons. The largest absolute Gasteiger partial charge is 0.495 e. The van der Waals surface area contributed by atoms with Crippen molar-refractivity contribution in [1.82, 2.24) is 14.5 Å². The van der Waals surface area contributed by atoms with Crippen LogP contribution in [0.25, 0.3) is 0 Å². The van der Waals surface area contributed by atoms with Gasteiger partial charge in [0.2, 0.25) is 15.9 Å². The zero-order valence-corrected chi connectivity index (χ0v) is 19.9. The van der Waals surface area contributed by atoms with E-state index in [0.29, 0.717) is 0 Å². The van der Waals surface area contributed by atoms with Gasteiger partial charge >= 0.3 is 0 Å². The number of likely N-dealkylation sites (N-methyl/N-ethyl adjacent to an activating group) is 1. The van der Waals surface area contributed by atoms with Gasteiger partial charge in [-0.3, -0.25) is 9.59 Å². The molecule has 2 amide bonds. The Labute approximate surface area is 198 Å². The number of benzene rings is 2. The van der Waals surface area contributed by atoms with Gasteiger partial charge in [0.15, 0.2) is 0 Å². The number of carbonyl (C=O) groups is 2. The third-order valence-corrected chi connectivity index (χ3v) is 7.32. The summed E-state index contributed by atoms with van der Waals surface area (Å²) in [6.45, 7) is 2.93. The summed E-state index contributed by atoms with van der Waals surface area (Å²) in [6.07, 6.45) is 0. The Bertz CT molecular complexity index is 1120. The lowest BCUT2D eigenvalue weighted by Gasteiger charge is -2.27. The second-order valence-electron chi connectivity index (χ2n) is 7.60. The Balaban J connectivity index is 1.74. The summed E-state index contributed by atoms with van der Waals surface area (Å²) in [7, 11) is -2.55. The summed E-state index contributed by atoms with van der Waals surface area (Å²) >= 11 is 0. The van der Waals surface area contributed by atoms with E-state index in [1.54, 1.807) is 19.1 Å². The predicted molar refractivity (Wildman–Crippen MR) is 122 cm³/mol. The Hall–Kier alpha value is -3.02. The van der Waals surface area contributed by atoms with E-state index in [1.807, 2.05) is 0 Å². The molecule has 0 aromatic heterocycles. The summed E-state index contributed by atoms with van der Waals surface area (Å²) in [5, 5.41) is 2.70. The van der Waals surface area contributed by atoms with E-state index in [2.05, 4.69) is 5.32 Å². The summed E-state index contributed by atoms with van der Waals surface area (Å²) in [5.41, 5.74) is 0.845. The van der Waals surface area contributed by atoms with Crippen molar-refractivity contribution in [3.05, 3.63) is 59.4 Å². The van der Waals surface area contributed by atoms with E-state index in [0.717, 1.165) is 5.56 Å². The molecule has 3 rings (SSSR count). The van der Waals surface area contributed by atoms with Crippen molar-refractivity contribution < 1.29 is 31.9 Å². The van der Waals surface area contributed by atoms with Crippen LogP contribution < -0.4 is 10.1 Å². The summed E-state index contributed by atoms with van der Waals surface area (Å²) in [5.74, 6) is -1.12. The van der Waals surface area contributed by atoms with Gasteiger partial charge in [0, 0.05) is 31.7 Å². The normalized spacial score (nSPS) is 14.4. The topological polar surface area (TPSA) is 105 Å². The third kappa shape index (κ3) is 6.10. The van der Waals surface area contributed by atoms with Crippen molar-refractivity contribution >= 4 is 21.8 Å². The maximum atomic E-state index is 13.2. The SMILES string of the molecule is CCN(CC(=O)NCc1ccc(F)cc1)C(=O)c1ccc(OC)c(S(=O)(=O)N2CCOCC2)c1. The molecule has 0 aliphatic carbocycles. The maximum absolute atomic E-state index is 13.2. The summed E-state index contributed by atoms with van der Waals surface area (Å²) in [4.78, 5) is 26.7. The molecule has 1 N–H and O–H groups in total. The van der Waals surface area contributed by atoms with Crippen LogP contribution in [-0.2, 0) is 26.1 Å². The van der Waals surface area contributed by atoms with Gasteiger partial charge in [-0.25, -0.2) is 12.8 Å². The number of carbonyl (C=O) groups excluding carboxylic acids is 2. The van der Waals surface area contributed by atoms with Crippen LogP contribution in [0.3, 0.4) is 0 Å². The highest BCUT2D eigenvalue weighted by molar-refractivity contribution is 7.89. The first-order chi connectivity index (χ1) is 16.3. The summed E-state index contributed by atoms with van der Waals surface area (Å²) < 4.78 is 51.1. The fourth-order valence-electron chi connectivity index (χ4n) is 3.48. The highest BCUT2D eigenvalue weighted by atomic mass is 32.2. The number of nitrogens with one attached hydrogen (secondary N) is 1. The number of rotatable bonds is 9. The van der Waals surface area contributed by atoms with Crippen LogP contribution in [0.4, 0.5) is 4.39 Å². The first-order valence-electron chi connectivity index (χ1n) is 10.8. The lowest BCUT2D eigenvalue weighted by Crippen LogP contribution is -2.41. The monoisotopic (exact) mass is 493 g/mol. The zero-order chi connectivity index (χ0) is 24.7. The number of nitrogens with zero attached hydrogens (tertiary/aromatic N) is 2. The lowest BCUT2D eigenvalue weighted by atomic mass is 10.2. The standard InChI is InChI=1S/C23H28FN3O6S/c1-3-26(16-22(28)25-15-17-4-7-19(24)8-5-17)23(29)18-6-9-20(32-2)21(14-18)34(30,31)27-10-12-33-13-11-27/h4-9,14H,3,10-13,15-16H2,1-2H3,(H,25,28). The number of hydrogen-bond acceptors (Lipinski definition) is 6. The molecule has 0 saturated carbocycles. The number of morpholine rings is 1. The van der Waals surface area contributed by atoms with E-state index >= 15 is 0 Å². The van der Waals surface area contributed by atoms with E-state index in [4.69, 9.17) is 9.47 Å². The minimum atomic E-state index is -3.91. The van der Waals surface area contributed by atoms with Crippen LogP contribution in [0.5, 0.6) is 5.75 Å². The molecule has 1 saturated heterocycles. The smallest absolute Gasteiger partial charge is 0.254 e. The highest BCUT2D eigenvalue weighted by Crippen LogP contribution is 2.29. The molecule has 1 aliphatic rings. The van der Waals surface area contributed by atoms with Gasteiger partial charge in [-0.1, -0.05) is 12.1 Å². The molecule has 1 aliphatic heterocycles. The first-order valence-corrected chi connectivity index (χ1v) is 12.3. The molecule has 0 radical (unpaired) electrons. The van der Waals surface area contributed by atoms with Crippen molar-refractivity contribution in [3.63, 3.8) is 0 Å². The lowest BCUT2D eigenvalue weighted by molar-refractivity contribution is -0.121. The van der Waals surface area contributed by atoms with E-state index in [1.165, 1.54) is 46.6 Å². The van der Waals surface area contributed by atoms with Gasteiger partial charge in [0.25, 0.3) is 5.91 Å². The fraction of sp³-hybridized carbons (Fsp3) is 0.391. The van der Waals surface area contributed by atoms with Gasteiger partial charge in [-0.2, -0.15) is 4.31 Å². The average Bonchev–Trinajstić information content (AvgIpc) is 2.86. The molecular weight excluding hydrogens is 465 g/mol. The van der Waals surface area contributed by atoms with Crippen molar-refractivity contribution in [2.45, 2.75) is 18.4 Å². The van der Waals surface area contributed by atoms with E-state index in [9.17, 15) is 22.4 Å². The first kappa shape index (κ1) is 25.6. The molecule has 1 heterocycles. The van der Waals surface area contributed by atoms with Crippen LogP contribution in [0.15, 0.2) is 47.4 Å². The van der Waals surface area contributed by atoms with Gasteiger partial charge in [0.1, 0.15) is 16.5 Å². The molecule has 11 heteroatoms. The Morgan fingerprint density at radius 1 is 1.15 bits per heavy atom. The maximum Gasteiger partial charge on any atom is 0.254 e. The molecule has 9 nitrogen and oxygen atoms in total. The Morgan fingerprint density at radius 3 is 2.44 bits per heavy atom. The molecular formula is C23H28FN3O6S. The summed E-state index contributed by atoms with van der Waals surface area (Å²) in [6, 6.07) is 9.91. The minimum absolute atomic E-state index is 0.112. The van der Waals surface area contributed by atoms with Crippen LogP contribution in [0.1, 0.15) is 22.8 Å². The van der Waals surface area contributed by atoms with Crippen LogP contribution in [0.2, 0.25) is 0 Å². The molecule has 34 heavy (non-hydrogen) atoms. The number of hydrogen-bond donors (Lipinski definition) is 1. The predicted octanol–water partition coefficient (Wildman–Crippen LogP) is 1.63. The number of sulfonamides is 1. The van der Waals surface area contributed by atoms with Crippen molar-refractivity contribution in [3.8, 4) is 5.75 Å². The van der Waals surface area contributed by atoms with Crippen molar-refractivity contribution in [2.24, 2.45) is 0 Å². The minimum Gasteiger partial charge on any atom is -0.495 e. The molecule has 2 aromatic carbocycles. The molecule has 2 aromatic rings. The quantitative estimate of drug-likeness (QED) is 0.569. The highest BCUT2D eigenvalue weighted by Gasteiger charge is 2.30. The molecule has 0 unspecified atom stereocenters. The number of methoxy groups -OCH3 is 1. The van der Waals surface area contributed by atoms with E-state index < -0.39 is 21.8 Å². The second kappa shape index (κ2) is 11.4. The molecule has 0 bridgehead atoms. The van der Waals surface area contributed by atoms with Crippen LogP contribution >= 0.6 is 0 Å². The Kier molecular flexibility index (Phi) is 8.59. The third-order valence-electron chi connectivity index (χ3n) is 5.40. The fourth-order valence-corrected chi connectivity index (χ4v) is 5.07. The Morgan fingerprint density at radius 2 is 1.82 bits per heavy atom. The number of ether oxygens (including phenoxy) is 2. The van der Waals surface area contributed by atoms with Crippen LogP contribution in [-0.4, -0.2) is 75.9 Å². The molecule has 0 atom stereocenters. The van der Waals surface area contributed by atoms with Gasteiger partial charge in [-0.05, 0) is 42.8 Å².